The van der Waals surface area contributed by atoms with Crippen molar-refractivity contribution in [2.24, 2.45) is 5.10 Å². The summed E-state index contributed by atoms with van der Waals surface area (Å²) in [5, 5.41) is 3.96. The molecule has 3 rings (SSSR count). The molecule has 0 atom stereocenters. The van der Waals surface area contributed by atoms with Gasteiger partial charge in [-0.3, -0.25) is 4.79 Å². The van der Waals surface area contributed by atoms with Crippen LogP contribution in [0, 0.1) is 13.8 Å². The number of benzene rings is 2. The molecule has 1 aromatic heterocycles. The third-order valence-electron chi connectivity index (χ3n) is 3.80. The zero-order valence-electron chi connectivity index (χ0n) is 14.7. The van der Waals surface area contributed by atoms with E-state index in [2.05, 4.69) is 15.5 Å². The Morgan fingerprint density at radius 2 is 2.04 bits per heavy atom. The Morgan fingerprint density at radius 3 is 2.77 bits per heavy atom. The molecule has 1 heterocycles. The Labute approximate surface area is 152 Å². The number of hydrogen-bond donors (Lipinski definition) is 1. The summed E-state index contributed by atoms with van der Waals surface area (Å²) in [7, 11) is 0. The van der Waals surface area contributed by atoms with Gasteiger partial charge in [0.2, 0.25) is 0 Å². The summed E-state index contributed by atoms with van der Waals surface area (Å²) < 4.78 is 7.45. The van der Waals surface area contributed by atoms with E-state index in [0.717, 1.165) is 22.4 Å². The van der Waals surface area contributed by atoms with E-state index in [4.69, 9.17) is 4.74 Å². The molecule has 0 aliphatic rings. The molecule has 6 heteroatoms. The van der Waals surface area contributed by atoms with Crippen LogP contribution in [0.5, 0.6) is 5.75 Å². The second-order valence-corrected chi connectivity index (χ2v) is 5.91. The molecule has 0 saturated heterocycles. The van der Waals surface area contributed by atoms with Crippen LogP contribution in [0.1, 0.15) is 16.7 Å². The van der Waals surface area contributed by atoms with Crippen molar-refractivity contribution in [2.45, 2.75) is 13.8 Å². The highest BCUT2D eigenvalue weighted by molar-refractivity contribution is 5.83. The largest absolute Gasteiger partial charge is 0.483 e. The average Bonchev–Trinajstić information content (AvgIpc) is 3.18. The van der Waals surface area contributed by atoms with E-state index < -0.39 is 0 Å². The molecule has 26 heavy (non-hydrogen) atoms. The van der Waals surface area contributed by atoms with Gasteiger partial charge in [0.1, 0.15) is 5.75 Å². The van der Waals surface area contributed by atoms with Crippen LogP contribution < -0.4 is 10.2 Å². The molecule has 0 aliphatic heterocycles. The van der Waals surface area contributed by atoms with Gasteiger partial charge in [0.25, 0.3) is 5.91 Å². The molecule has 2 aromatic carbocycles. The van der Waals surface area contributed by atoms with Crippen LogP contribution in [0.15, 0.2) is 66.3 Å². The van der Waals surface area contributed by atoms with Crippen LogP contribution >= 0.6 is 0 Å². The fraction of sp³-hybridized carbons (Fsp3) is 0.150. The summed E-state index contributed by atoms with van der Waals surface area (Å²) in [4.78, 5) is 15.9. The first-order valence-corrected chi connectivity index (χ1v) is 8.22. The third kappa shape index (κ3) is 4.57. The number of nitrogens with zero attached hydrogens (tertiary/aromatic N) is 3. The zero-order valence-corrected chi connectivity index (χ0v) is 14.7. The van der Waals surface area contributed by atoms with Crippen LogP contribution in [-0.4, -0.2) is 28.3 Å². The number of aromatic nitrogens is 2. The number of ether oxygens (including phenoxy) is 1. The van der Waals surface area contributed by atoms with Gasteiger partial charge in [0.05, 0.1) is 12.5 Å². The normalized spacial score (nSPS) is 10.8. The van der Waals surface area contributed by atoms with Gasteiger partial charge in [0.15, 0.2) is 6.61 Å². The minimum absolute atomic E-state index is 0.0821. The van der Waals surface area contributed by atoms with Crippen molar-refractivity contribution in [2.75, 3.05) is 6.61 Å². The van der Waals surface area contributed by atoms with Crippen molar-refractivity contribution >= 4 is 12.1 Å². The lowest BCUT2D eigenvalue weighted by Gasteiger charge is -2.08. The van der Waals surface area contributed by atoms with Gasteiger partial charge in [0, 0.05) is 18.1 Å². The molecule has 6 nitrogen and oxygen atoms in total. The predicted molar refractivity (Wildman–Crippen MR) is 101 cm³/mol. The maximum absolute atomic E-state index is 11.9. The molecule has 0 radical (unpaired) electrons. The van der Waals surface area contributed by atoms with E-state index in [1.54, 1.807) is 18.7 Å². The Bertz CT molecular complexity index is 900. The number of amides is 1. The van der Waals surface area contributed by atoms with E-state index in [1.807, 2.05) is 67.1 Å². The highest BCUT2D eigenvalue weighted by Gasteiger charge is 2.04. The first-order valence-electron chi connectivity index (χ1n) is 8.22. The molecule has 0 spiro atoms. The monoisotopic (exact) mass is 348 g/mol. The van der Waals surface area contributed by atoms with Crippen LogP contribution in [0.25, 0.3) is 5.69 Å². The number of hydrazone groups is 1. The highest BCUT2D eigenvalue weighted by atomic mass is 16.5. The van der Waals surface area contributed by atoms with Gasteiger partial charge in [-0.15, -0.1) is 0 Å². The van der Waals surface area contributed by atoms with Crippen molar-refractivity contribution < 1.29 is 9.53 Å². The lowest BCUT2D eigenvalue weighted by atomic mass is 10.1. The second kappa shape index (κ2) is 8.11. The maximum Gasteiger partial charge on any atom is 0.277 e. The van der Waals surface area contributed by atoms with Gasteiger partial charge < -0.3 is 9.30 Å². The van der Waals surface area contributed by atoms with Gasteiger partial charge in [-0.2, -0.15) is 5.10 Å². The molecule has 0 saturated carbocycles. The van der Waals surface area contributed by atoms with Crippen molar-refractivity contribution in [1.82, 2.24) is 15.0 Å². The van der Waals surface area contributed by atoms with E-state index >= 15 is 0 Å². The molecule has 1 amide bonds. The third-order valence-corrected chi connectivity index (χ3v) is 3.80. The summed E-state index contributed by atoms with van der Waals surface area (Å²) in [6.45, 7) is 3.84. The van der Waals surface area contributed by atoms with Gasteiger partial charge >= 0.3 is 0 Å². The molecular formula is C20H20N4O2. The number of carbonyl (C=O) groups is 1. The van der Waals surface area contributed by atoms with Crippen molar-refractivity contribution in [3.8, 4) is 11.4 Å². The van der Waals surface area contributed by atoms with Crippen LogP contribution in [0.4, 0.5) is 0 Å². The number of carbonyl (C=O) groups excluding carboxylic acids is 1. The fourth-order valence-corrected chi connectivity index (χ4v) is 2.36. The molecule has 0 bridgehead atoms. The average molecular weight is 348 g/mol. The Hall–Kier alpha value is -3.41. The smallest absolute Gasteiger partial charge is 0.277 e. The van der Waals surface area contributed by atoms with E-state index in [-0.39, 0.29) is 12.5 Å². The first-order chi connectivity index (χ1) is 12.6. The number of rotatable bonds is 6. The number of hydrogen-bond acceptors (Lipinski definition) is 4. The Morgan fingerprint density at radius 1 is 1.23 bits per heavy atom. The van der Waals surface area contributed by atoms with E-state index in [9.17, 15) is 4.79 Å². The van der Waals surface area contributed by atoms with Crippen molar-refractivity contribution in [3.63, 3.8) is 0 Å². The fourth-order valence-electron chi connectivity index (χ4n) is 2.36. The first kappa shape index (κ1) is 17.4. The van der Waals surface area contributed by atoms with Crippen molar-refractivity contribution in [3.05, 3.63) is 77.9 Å². The van der Waals surface area contributed by atoms with Crippen LogP contribution in [-0.2, 0) is 4.79 Å². The minimum Gasteiger partial charge on any atom is -0.483 e. The summed E-state index contributed by atoms with van der Waals surface area (Å²) in [5.74, 6) is 0.399. The summed E-state index contributed by atoms with van der Waals surface area (Å²) in [6.07, 6.45) is 6.93. The standard InChI is InChI=1S/C20H20N4O2/c1-15-3-4-16(2)19(11-15)26-13-20(25)23-22-12-17-5-7-18(8-6-17)24-10-9-21-14-24/h3-12,14H,13H2,1-2H3,(H,23,25)/b22-12+. The van der Waals surface area contributed by atoms with E-state index in [0.29, 0.717) is 5.75 Å². The molecule has 1 N–H and O–H groups in total. The summed E-state index contributed by atoms with van der Waals surface area (Å²) >= 11 is 0. The summed E-state index contributed by atoms with van der Waals surface area (Å²) in [5.41, 5.74) is 6.43. The molecule has 3 aromatic rings. The highest BCUT2D eigenvalue weighted by Crippen LogP contribution is 2.18. The van der Waals surface area contributed by atoms with Crippen LogP contribution in [0.2, 0.25) is 0 Å². The Balaban J connectivity index is 1.50. The topological polar surface area (TPSA) is 68.5 Å². The van der Waals surface area contributed by atoms with Gasteiger partial charge in [-0.05, 0) is 48.7 Å². The predicted octanol–water partition coefficient (Wildman–Crippen LogP) is 3.02. The lowest BCUT2D eigenvalue weighted by molar-refractivity contribution is -0.123. The Kier molecular flexibility index (Phi) is 5.43. The molecule has 0 unspecified atom stereocenters. The number of nitrogens with one attached hydrogen (secondary N) is 1. The second-order valence-electron chi connectivity index (χ2n) is 5.91. The number of imidazole rings is 1. The SMILES string of the molecule is Cc1ccc(C)c(OCC(=O)N/N=C/c2ccc(-n3ccnc3)cc2)c1. The quantitative estimate of drug-likeness (QED) is 0.550. The van der Waals surface area contributed by atoms with Crippen LogP contribution in [0.3, 0.4) is 0 Å². The molecule has 132 valence electrons. The molecule has 0 aliphatic carbocycles. The zero-order chi connectivity index (χ0) is 18.4. The minimum atomic E-state index is -0.308. The summed E-state index contributed by atoms with van der Waals surface area (Å²) in [6, 6.07) is 13.6. The van der Waals surface area contributed by atoms with Gasteiger partial charge in [-0.1, -0.05) is 24.3 Å². The van der Waals surface area contributed by atoms with E-state index in [1.165, 1.54) is 0 Å². The lowest BCUT2D eigenvalue weighted by Crippen LogP contribution is -2.24. The molecule has 0 fully saturated rings. The molecular weight excluding hydrogens is 328 g/mol. The number of aryl methyl sites for hydroxylation is 2. The maximum atomic E-state index is 11.9. The van der Waals surface area contributed by atoms with Crippen molar-refractivity contribution in [1.29, 1.82) is 0 Å². The van der Waals surface area contributed by atoms with Gasteiger partial charge in [-0.25, -0.2) is 10.4 Å².